The minimum Gasteiger partial charge on any atom is -0.336 e. The zero-order valence-electron chi connectivity index (χ0n) is 9.07. The van der Waals surface area contributed by atoms with Crippen LogP contribution in [0.5, 0.6) is 0 Å². The molecule has 3 amide bonds. The number of nitrogens with one attached hydrogen (secondary N) is 1. The summed E-state index contributed by atoms with van der Waals surface area (Å²) in [6, 6.07) is 6.41. The lowest BCUT2D eigenvalue weighted by atomic mass is 10.0. The molecule has 0 bridgehead atoms. The molecule has 1 aliphatic heterocycles. The van der Waals surface area contributed by atoms with Crippen molar-refractivity contribution in [3.8, 4) is 0 Å². The Hall–Kier alpha value is -1.55. The van der Waals surface area contributed by atoms with Gasteiger partial charge in [0.1, 0.15) is 0 Å². The summed E-state index contributed by atoms with van der Waals surface area (Å²) >= 11 is 5.88. The largest absolute Gasteiger partial charge is 0.336 e. The number of anilines is 1. The number of imide groups is 1. The first kappa shape index (κ1) is 10.6. The summed E-state index contributed by atoms with van der Waals surface area (Å²) in [5, 5.41) is 3.27. The SMILES string of the molecule is O=C1NCC2(CC2)C(=O)N1c1cccc(Cl)c1. The quantitative estimate of drug-likeness (QED) is 0.831. The van der Waals surface area contributed by atoms with Gasteiger partial charge in [-0.25, -0.2) is 9.69 Å². The highest BCUT2D eigenvalue weighted by atomic mass is 35.5. The van der Waals surface area contributed by atoms with Crippen LogP contribution in [0.1, 0.15) is 12.8 Å². The van der Waals surface area contributed by atoms with Gasteiger partial charge >= 0.3 is 6.03 Å². The van der Waals surface area contributed by atoms with Gasteiger partial charge in [-0.15, -0.1) is 0 Å². The molecule has 1 spiro atoms. The van der Waals surface area contributed by atoms with Gasteiger partial charge in [-0.1, -0.05) is 17.7 Å². The zero-order valence-corrected chi connectivity index (χ0v) is 9.83. The van der Waals surface area contributed by atoms with Crippen LogP contribution in [0.2, 0.25) is 5.02 Å². The maximum Gasteiger partial charge on any atom is 0.328 e. The topological polar surface area (TPSA) is 49.4 Å². The second kappa shape index (κ2) is 3.47. The van der Waals surface area contributed by atoms with E-state index in [0.29, 0.717) is 17.3 Å². The second-order valence-electron chi connectivity index (χ2n) is 4.56. The van der Waals surface area contributed by atoms with E-state index in [-0.39, 0.29) is 17.4 Å². The molecule has 0 unspecified atom stereocenters. The number of carbonyl (C=O) groups is 2. The van der Waals surface area contributed by atoms with Crippen LogP contribution in [-0.4, -0.2) is 18.5 Å². The molecule has 1 aromatic rings. The van der Waals surface area contributed by atoms with Crippen molar-refractivity contribution < 1.29 is 9.59 Å². The van der Waals surface area contributed by atoms with Crippen LogP contribution >= 0.6 is 11.6 Å². The van der Waals surface area contributed by atoms with Crippen LogP contribution in [0.15, 0.2) is 24.3 Å². The maximum absolute atomic E-state index is 12.3. The average Bonchev–Trinajstić information content (AvgIpc) is 3.06. The number of nitrogens with zero attached hydrogens (tertiary/aromatic N) is 1. The molecule has 3 rings (SSSR count). The van der Waals surface area contributed by atoms with Crippen LogP contribution in [0.25, 0.3) is 0 Å². The maximum atomic E-state index is 12.3. The first-order valence-electron chi connectivity index (χ1n) is 5.50. The van der Waals surface area contributed by atoms with Crippen molar-refractivity contribution in [1.82, 2.24) is 5.32 Å². The smallest absolute Gasteiger partial charge is 0.328 e. The number of hydrogen-bond donors (Lipinski definition) is 1. The summed E-state index contributed by atoms with van der Waals surface area (Å²) in [6.07, 6.45) is 1.70. The molecule has 1 aromatic carbocycles. The normalized spacial score (nSPS) is 21.6. The Bertz CT molecular complexity index is 511. The number of benzene rings is 1. The van der Waals surface area contributed by atoms with Gasteiger partial charge in [0, 0.05) is 11.6 Å². The minimum absolute atomic E-state index is 0.108. The van der Waals surface area contributed by atoms with Crippen LogP contribution in [0.3, 0.4) is 0 Å². The molecule has 2 aliphatic rings. The fourth-order valence-electron chi connectivity index (χ4n) is 2.12. The lowest BCUT2D eigenvalue weighted by Crippen LogP contribution is -2.56. The predicted octanol–water partition coefficient (Wildman–Crippen LogP) is 2.18. The van der Waals surface area contributed by atoms with Gasteiger partial charge < -0.3 is 5.32 Å². The highest BCUT2D eigenvalue weighted by molar-refractivity contribution is 6.31. The molecular formula is C12H11ClN2O2. The Morgan fingerprint density at radius 1 is 1.29 bits per heavy atom. The molecule has 1 aliphatic carbocycles. The van der Waals surface area contributed by atoms with Crippen molar-refractivity contribution >= 4 is 29.2 Å². The molecule has 2 fully saturated rings. The molecule has 0 atom stereocenters. The number of urea groups is 1. The molecule has 0 radical (unpaired) electrons. The lowest BCUT2D eigenvalue weighted by Gasteiger charge is -2.31. The van der Waals surface area contributed by atoms with E-state index in [1.807, 2.05) is 0 Å². The van der Waals surface area contributed by atoms with Crippen molar-refractivity contribution in [2.24, 2.45) is 5.41 Å². The van der Waals surface area contributed by atoms with Gasteiger partial charge in [0.15, 0.2) is 0 Å². The van der Waals surface area contributed by atoms with Gasteiger partial charge in [0.2, 0.25) is 5.91 Å². The summed E-state index contributed by atoms with van der Waals surface area (Å²) in [5.41, 5.74) is 0.182. The molecule has 5 heteroatoms. The number of carbonyl (C=O) groups excluding carboxylic acids is 2. The molecule has 1 saturated carbocycles. The summed E-state index contributed by atoms with van der Waals surface area (Å²) in [4.78, 5) is 25.2. The molecule has 1 saturated heterocycles. The van der Waals surface area contributed by atoms with Crippen LogP contribution in [0, 0.1) is 5.41 Å². The summed E-state index contributed by atoms with van der Waals surface area (Å²) in [5.74, 6) is -0.108. The van der Waals surface area contributed by atoms with E-state index < -0.39 is 0 Å². The molecular weight excluding hydrogens is 240 g/mol. The van der Waals surface area contributed by atoms with Crippen molar-refractivity contribution in [3.63, 3.8) is 0 Å². The molecule has 1 N–H and O–H groups in total. The van der Waals surface area contributed by atoms with Crippen molar-refractivity contribution in [2.75, 3.05) is 11.4 Å². The Kier molecular flexibility index (Phi) is 2.16. The summed E-state index contributed by atoms with van der Waals surface area (Å²) in [7, 11) is 0. The number of rotatable bonds is 1. The Morgan fingerprint density at radius 2 is 2.06 bits per heavy atom. The summed E-state index contributed by atoms with van der Waals surface area (Å²) < 4.78 is 0. The fraction of sp³-hybridized carbons (Fsp3) is 0.333. The van der Waals surface area contributed by atoms with Gasteiger partial charge in [-0.05, 0) is 31.0 Å². The van der Waals surface area contributed by atoms with Gasteiger partial charge in [-0.3, -0.25) is 4.79 Å². The zero-order chi connectivity index (χ0) is 12.0. The first-order chi connectivity index (χ1) is 8.12. The molecule has 88 valence electrons. The third-order valence-corrected chi connectivity index (χ3v) is 3.59. The summed E-state index contributed by atoms with van der Waals surface area (Å²) in [6.45, 7) is 0.460. The van der Waals surface area contributed by atoms with Gasteiger partial charge in [-0.2, -0.15) is 0 Å². The second-order valence-corrected chi connectivity index (χ2v) is 5.00. The van der Waals surface area contributed by atoms with E-state index in [2.05, 4.69) is 5.32 Å². The van der Waals surface area contributed by atoms with Crippen LogP contribution < -0.4 is 10.2 Å². The highest BCUT2D eigenvalue weighted by Gasteiger charge is 2.56. The van der Waals surface area contributed by atoms with E-state index in [9.17, 15) is 9.59 Å². The van der Waals surface area contributed by atoms with Crippen molar-refractivity contribution in [3.05, 3.63) is 29.3 Å². The van der Waals surface area contributed by atoms with Gasteiger partial charge in [0.05, 0.1) is 11.1 Å². The Labute approximate surface area is 104 Å². The standard InChI is InChI=1S/C12H11ClN2O2/c13-8-2-1-3-9(6-8)15-10(16)12(4-5-12)7-14-11(15)17/h1-3,6H,4-5,7H2,(H,14,17). The number of halogens is 1. The van der Waals surface area contributed by atoms with Crippen LogP contribution in [0.4, 0.5) is 10.5 Å². The van der Waals surface area contributed by atoms with E-state index in [1.54, 1.807) is 24.3 Å². The van der Waals surface area contributed by atoms with Crippen molar-refractivity contribution in [1.29, 1.82) is 0 Å². The minimum atomic E-state index is -0.366. The number of amides is 3. The van der Waals surface area contributed by atoms with E-state index in [4.69, 9.17) is 11.6 Å². The first-order valence-corrected chi connectivity index (χ1v) is 5.88. The molecule has 4 nitrogen and oxygen atoms in total. The fourth-order valence-corrected chi connectivity index (χ4v) is 2.30. The van der Waals surface area contributed by atoms with E-state index >= 15 is 0 Å². The van der Waals surface area contributed by atoms with E-state index in [0.717, 1.165) is 12.8 Å². The monoisotopic (exact) mass is 250 g/mol. The molecule has 0 aromatic heterocycles. The molecule has 1 heterocycles. The third kappa shape index (κ3) is 1.60. The number of hydrogen-bond acceptors (Lipinski definition) is 2. The van der Waals surface area contributed by atoms with Crippen LogP contribution in [-0.2, 0) is 4.79 Å². The van der Waals surface area contributed by atoms with E-state index in [1.165, 1.54) is 4.90 Å². The average molecular weight is 251 g/mol. The van der Waals surface area contributed by atoms with Gasteiger partial charge in [0.25, 0.3) is 0 Å². The third-order valence-electron chi connectivity index (χ3n) is 3.36. The lowest BCUT2D eigenvalue weighted by molar-refractivity contribution is -0.123. The Balaban J connectivity index is 2.00. The van der Waals surface area contributed by atoms with Crippen molar-refractivity contribution in [2.45, 2.75) is 12.8 Å². The molecule has 17 heavy (non-hydrogen) atoms. The Morgan fingerprint density at radius 3 is 2.71 bits per heavy atom. The highest BCUT2D eigenvalue weighted by Crippen LogP contribution is 2.48. The predicted molar refractivity (Wildman–Crippen MR) is 64.0 cm³/mol.